The van der Waals surface area contributed by atoms with Gasteiger partial charge in [0.2, 0.25) is 23.6 Å². The van der Waals surface area contributed by atoms with Gasteiger partial charge in [-0.05, 0) is 19.3 Å². The van der Waals surface area contributed by atoms with Crippen molar-refractivity contribution in [2.24, 2.45) is 5.41 Å². The van der Waals surface area contributed by atoms with E-state index in [1.165, 1.54) is 37.4 Å². The lowest BCUT2D eigenvalue weighted by Gasteiger charge is -2.37. The van der Waals surface area contributed by atoms with E-state index in [1.807, 2.05) is 20.8 Å². The number of rotatable bonds is 34. The standard InChI is InChI=1S/C42H73N5O15S2/c1-35(48)30-59-20-18-55-14-16-57-24-26-63-32-39(52)45-10-6-43(7-11-45)37(50)28-47(41(54)62-23-22-61-34-42(3,4)5)29-38(51)44-8-12-46(13-9-44)40(53)33-64-27-25-58-17-15-56-19-21-60-31-36(2)49/h6-34H2,1-5H3. The maximum Gasteiger partial charge on any atom is 0.410 e. The molecule has 64 heavy (non-hydrogen) atoms. The largest absolute Gasteiger partial charge is 0.447 e. The molecule has 2 saturated heterocycles. The lowest BCUT2D eigenvalue weighted by atomic mass is 9.99. The van der Waals surface area contributed by atoms with Crippen molar-refractivity contribution in [2.45, 2.75) is 34.6 Å². The fourth-order valence-corrected chi connectivity index (χ4v) is 7.30. The Hall–Kier alpha value is -3.09. The Labute approximate surface area is 387 Å². The predicted octanol–water partition coefficient (Wildman–Crippen LogP) is 0.573. The fraction of sp³-hybridized carbons (Fsp3) is 0.833. The second-order valence-corrected chi connectivity index (χ2v) is 18.4. The van der Waals surface area contributed by atoms with Gasteiger partial charge >= 0.3 is 6.09 Å². The Morgan fingerprint density at radius 2 is 0.781 bits per heavy atom. The molecule has 368 valence electrons. The van der Waals surface area contributed by atoms with Gasteiger partial charge in [-0.15, -0.1) is 23.5 Å². The summed E-state index contributed by atoms with van der Waals surface area (Å²) in [6.45, 7) is 15.5. The Morgan fingerprint density at radius 1 is 0.453 bits per heavy atom. The van der Waals surface area contributed by atoms with E-state index in [4.69, 9.17) is 37.9 Å². The second-order valence-electron chi connectivity index (χ2n) is 16.2. The molecule has 22 heteroatoms. The van der Waals surface area contributed by atoms with Crippen LogP contribution in [0.25, 0.3) is 0 Å². The van der Waals surface area contributed by atoms with E-state index in [-0.39, 0.29) is 118 Å². The smallest absolute Gasteiger partial charge is 0.410 e. The van der Waals surface area contributed by atoms with Gasteiger partial charge in [-0.1, -0.05) is 20.8 Å². The molecule has 2 aliphatic heterocycles. The molecule has 5 amide bonds. The van der Waals surface area contributed by atoms with Crippen molar-refractivity contribution in [3.05, 3.63) is 0 Å². The van der Waals surface area contributed by atoms with Crippen LogP contribution in [0.5, 0.6) is 0 Å². The molecule has 0 radical (unpaired) electrons. The zero-order chi connectivity index (χ0) is 47.0. The summed E-state index contributed by atoms with van der Waals surface area (Å²) in [6.07, 6.45) is -0.808. The topological polar surface area (TPSA) is 210 Å². The highest BCUT2D eigenvalue weighted by atomic mass is 32.2. The minimum atomic E-state index is -0.808. The Kier molecular flexibility index (Phi) is 30.5. The lowest BCUT2D eigenvalue weighted by Crippen LogP contribution is -2.56. The van der Waals surface area contributed by atoms with Gasteiger partial charge in [-0.2, -0.15) is 0 Å². The molecule has 0 bridgehead atoms. The van der Waals surface area contributed by atoms with Crippen LogP contribution in [0.15, 0.2) is 0 Å². The third kappa shape index (κ3) is 28.1. The molecule has 2 aliphatic rings. The molecule has 0 aromatic rings. The van der Waals surface area contributed by atoms with Gasteiger partial charge in [0.05, 0.1) is 90.8 Å². The molecule has 0 spiro atoms. The van der Waals surface area contributed by atoms with Crippen molar-refractivity contribution < 1.29 is 71.5 Å². The highest BCUT2D eigenvalue weighted by Crippen LogP contribution is 2.13. The number of ketones is 2. The Bertz CT molecular complexity index is 1310. The van der Waals surface area contributed by atoms with Gasteiger partial charge in [0.25, 0.3) is 0 Å². The van der Waals surface area contributed by atoms with E-state index < -0.39 is 6.09 Å². The van der Waals surface area contributed by atoms with Crippen molar-refractivity contribution >= 4 is 64.8 Å². The lowest BCUT2D eigenvalue weighted by molar-refractivity contribution is -0.141. The summed E-state index contributed by atoms with van der Waals surface area (Å²) in [7, 11) is 0. The second kappa shape index (κ2) is 34.3. The van der Waals surface area contributed by atoms with Crippen molar-refractivity contribution in [1.29, 1.82) is 0 Å². The van der Waals surface area contributed by atoms with Crippen molar-refractivity contribution in [3.63, 3.8) is 0 Å². The molecule has 0 atom stereocenters. The van der Waals surface area contributed by atoms with E-state index >= 15 is 0 Å². The minimum absolute atomic E-state index is 0.0350. The number of Topliss-reactive ketones (excluding diaryl/α,β-unsaturated/α-hetero) is 2. The van der Waals surface area contributed by atoms with Crippen molar-refractivity contribution in [1.82, 2.24) is 24.5 Å². The number of amides is 5. The predicted molar refractivity (Wildman–Crippen MR) is 240 cm³/mol. The molecule has 20 nitrogen and oxygen atoms in total. The fourth-order valence-electron chi connectivity index (χ4n) is 5.83. The highest BCUT2D eigenvalue weighted by molar-refractivity contribution is 8.00. The number of hydrogen-bond acceptors (Lipinski definition) is 17. The first kappa shape index (κ1) is 57.0. The molecule has 0 aromatic heterocycles. The number of carbonyl (C=O) groups is 7. The summed E-state index contributed by atoms with van der Waals surface area (Å²) in [6, 6.07) is 0. The molecule has 0 aliphatic carbocycles. The van der Waals surface area contributed by atoms with Crippen LogP contribution < -0.4 is 0 Å². The normalized spacial score (nSPS) is 14.5. The van der Waals surface area contributed by atoms with Crippen LogP contribution in [0.1, 0.15) is 34.6 Å². The quantitative estimate of drug-likeness (QED) is 0.0808. The number of carbonyl (C=O) groups excluding carboxylic acids is 7. The van der Waals surface area contributed by atoms with Gasteiger partial charge in [0.15, 0.2) is 11.6 Å². The summed E-state index contributed by atoms with van der Waals surface area (Å²) in [5.41, 5.74) is -0.0706. The van der Waals surface area contributed by atoms with Crippen molar-refractivity contribution in [2.75, 3.05) is 188 Å². The van der Waals surface area contributed by atoms with Crippen LogP contribution in [0.3, 0.4) is 0 Å². The maximum absolute atomic E-state index is 13.5. The number of thioether (sulfide) groups is 2. The molecule has 2 rings (SSSR count). The van der Waals surface area contributed by atoms with E-state index in [9.17, 15) is 33.6 Å². The molecule has 2 fully saturated rings. The van der Waals surface area contributed by atoms with Crippen LogP contribution >= 0.6 is 23.5 Å². The van der Waals surface area contributed by atoms with E-state index in [1.54, 1.807) is 19.6 Å². The molecule has 2 heterocycles. The first-order valence-corrected chi connectivity index (χ1v) is 24.2. The zero-order valence-electron chi connectivity index (χ0n) is 38.7. The molecule has 0 unspecified atom stereocenters. The molecule has 0 saturated carbocycles. The zero-order valence-corrected chi connectivity index (χ0v) is 40.3. The van der Waals surface area contributed by atoms with Gasteiger partial charge in [-0.3, -0.25) is 33.7 Å². The van der Waals surface area contributed by atoms with E-state index in [0.717, 1.165) is 4.90 Å². The summed E-state index contributed by atoms with van der Waals surface area (Å²) >= 11 is 2.92. The van der Waals surface area contributed by atoms with Crippen LogP contribution in [0.4, 0.5) is 4.79 Å². The first-order chi connectivity index (χ1) is 30.7. The van der Waals surface area contributed by atoms with Crippen LogP contribution in [0.2, 0.25) is 0 Å². The van der Waals surface area contributed by atoms with E-state index in [2.05, 4.69) is 0 Å². The summed E-state index contributed by atoms with van der Waals surface area (Å²) in [5.74, 6) is 0.949. The summed E-state index contributed by atoms with van der Waals surface area (Å²) in [4.78, 5) is 95.4. The highest BCUT2D eigenvalue weighted by Gasteiger charge is 2.31. The molecule has 0 aromatic carbocycles. The van der Waals surface area contributed by atoms with Gasteiger partial charge in [0.1, 0.15) is 32.9 Å². The number of ether oxygens (including phenoxy) is 8. The molecular weight excluding hydrogens is 879 g/mol. The Balaban J connectivity index is 1.72. The van der Waals surface area contributed by atoms with Crippen LogP contribution in [-0.2, 0) is 66.7 Å². The minimum Gasteiger partial charge on any atom is -0.447 e. The number of piperazine rings is 2. The number of hydrogen-bond donors (Lipinski definition) is 0. The van der Waals surface area contributed by atoms with Crippen LogP contribution in [-0.4, -0.2) is 253 Å². The summed E-state index contributed by atoms with van der Waals surface area (Å²) < 4.78 is 43.2. The third-order valence-corrected chi connectivity index (χ3v) is 11.0. The average molecular weight is 952 g/mol. The van der Waals surface area contributed by atoms with Gasteiger partial charge in [-0.25, -0.2) is 4.79 Å². The van der Waals surface area contributed by atoms with Crippen molar-refractivity contribution in [3.8, 4) is 0 Å². The SMILES string of the molecule is CC(=O)COCCOCCOCCSCC(=O)N1CCN(C(=O)CN(CC(=O)N2CCN(C(=O)CSCCOCCOCCOCC(C)=O)CC2)C(=O)OCCOCC(C)(C)C)CC1. The molecular formula is C42H73N5O15S2. The maximum atomic E-state index is 13.5. The van der Waals surface area contributed by atoms with Gasteiger partial charge in [0, 0.05) is 63.9 Å². The third-order valence-electron chi connectivity index (χ3n) is 9.16. The van der Waals surface area contributed by atoms with E-state index in [0.29, 0.717) is 110 Å². The average Bonchev–Trinajstić information content (AvgIpc) is 3.25. The van der Waals surface area contributed by atoms with Gasteiger partial charge < -0.3 is 57.5 Å². The molecule has 0 N–H and O–H groups in total. The Morgan fingerprint density at radius 3 is 1.14 bits per heavy atom. The first-order valence-electron chi connectivity index (χ1n) is 21.9. The monoisotopic (exact) mass is 951 g/mol. The summed E-state index contributed by atoms with van der Waals surface area (Å²) in [5, 5.41) is 0. The number of nitrogens with zero attached hydrogens (tertiary/aromatic N) is 5. The van der Waals surface area contributed by atoms with Crippen LogP contribution in [0, 0.1) is 5.41 Å².